The minimum absolute atomic E-state index is 0.0326. The summed E-state index contributed by atoms with van der Waals surface area (Å²) in [7, 11) is 1.60. The SMILES string of the molecule is CN(Cc1ccco1)C(=O)COC(=O)CCn1cnc2ccccc2c1=O. The van der Waals surface area contributed by atoms with Crippen LogP contribution in [0.1, 0.15) is 12.2 Å². The summed E-state index contributed by atoms with van der Waals surface area (Å²) in [4.78, 5) is 41.8. The van der Waals surface area contributed by atoms with E-state index in [2.05, 4.69) is 4.98 Å². The maximum Gasteiger partial charge on any atom is 0.308 e. The number of benzene rings is 1. The van der Waals surface area contributed by atoms with Gasteiger partial charge in [-0.2, -0.15) is 0 Å². The van der Waals surface area contributed by atoms with Crippen LogP contribution in [0.3, 0.4) is 0 Å². The van der Waals surface area contributed by atoms with Crippen LogP contribution < -0.4 is 5.56 Å². The van der Waals surface area contributed by atoms with Crippen LogP contribution in [0.5, 0.6) is 0 Å². The highest BCUT2D eigenvalue weighted by molar-refractivity contribution is 5.80. The Kier molecular flexibility index (Phi) is 5.65. The summed E-state index contributed by atoms with van der Waals surface area (Å²) >= 11 is 0. The van der Waals surface area contributed by atoms with Gasteiger partial charge in [0.2, 0.25) is 0 Å². The highest BCUT2D eigenvalue weighted by atomic mass is 16.5. The molecule has 3 rings (SSSR count). The molecule has 0 unspecified atom stereocenters. The van der Waals surface area contributed by atoms with Crippen LogP contribution in [-0.4, -0.2) is 40.0 Å². The minimum atomic E-state index is -0.560. The zero-order chi connectivity index (χ0) is 19.2. The van der Waals surface area contributed by atoms with Gasteiger partial charge in [-0.25, -0.2) is 4.98 Å². The first-order valence-electron chi connectivity index (χ1n) is 8.41. The molecule has 1 amide bonds. The zero-order valence-electron chi connectivity index (χ0n) is 14.8. The molecular weight excluding hydrogens is 350 g/mol. The van der Waals surface area contributed by atoms with Crippen LogP contribution in [0.4, 0.5) is 0 Å². The Morgan fingerprint density at radius 2 is 2.04 bits per heavy atom. The summed E-state index contributed by atoms with van der Waals surface area (Å²) in [6.07, 6.45) is 2.90. The summed E-state index contributed by atoms with van der Waals surface area (Å²) in [5.41, 5.74) is 0.383. The molecule has 0 aliphatic carbocycles. The minimum Gasteiger partial charge on any atom is -0.467 e. The molecular formula is C19H19N3O5. The van der Waals surface area contributed by atoms with Crippen molar-refractivity contribution in [2.45, 2.75) is 19.5 Å². The van der Waals surface area contributed by atoms with Crippen molar-refractivity contribution in [2.75, 3.05) is 13.7 Å². The summed E-state index contributed by atoms with van der Waals surface area (Å²) in [6.45, 7) is 0.0639. The number of likely N-dealkylation sites (N-methyl/N-ethyl adjacent to an activating group) is 1. The van der Waals surface area contributed by atoms with Crippen molar-refractivity contribution in [3.8, 4) is 0 Å². The van der Waals surface area contributed by atoms with E-state index in [0.717, 1.165) is 0 Å². The Morgan fingerprint density at radius 3 is 2.81 bits per heavy atom. The number of hydrogen-bond acceptors (Lipinski definition) is 6. The van der Waals surface area contributed by atoms with Crippen molar-refractivity contribution in [1.82, 2.24) is 14.5 Å². The summed E-state index contributed by atoms with van der Waals surface area (Å²) in [6, 6.07) is 10.5. The quantitative estimate of drug-likeness (QED) is 0.587. The largest absolute Gasteiger partial charge is 0.467 e. The van der Waals surface area contributed by atoms with Crippen LogP contribution in [-0.2, 0) is 27.4 Å². The molecule has 3 aromatic rings. The third-order valence-corrected chi connectivity index (χ3v) is 4.04. The van der Waals surface area contributed by atoms with Crippen LogP contribution >= 0.6 is 0 Å². The molecule has 2 aromatic heterocycles. The topological polar surface area (TPSA) is 94.6 Å². The number of nitrogens with zero attached hydrogens (tertiary/aromatic N) is 3. The van der Waals surface area contributed by atoms with Crippen LogP contribution in [0, 0.1) is 0 Å². The number of carbonyl (C=O) groups excluding carboxylic acids is 2. The lowest BCUT2D eigenvalue weighted by Crippen LogP contribution is -2.31. The molecule has 27 heavy (non-hydrogen) atoms. The molecule has 8 heteroatoms. The molecule has 0 radical (unpaired) electrons. The second kappa shape index (κ2) is 8.31. The van der Waals surface area contributed by atoms with Gasteiger partial charge in [0.15, 0.2) is 6.61 Å². The Labute approximate surface area is 155 Å². The average molecular weight is 369 g/mol. The summed E-state index contributed by atoms with van der Waals surface area (Å²) in [5.74, 6) is -0.264. The molecule has 140 valence electrons. The number of carbonyl (C=O) groups is 2. The van der Waals surface area contributed by atoms with E-state index in [4.69, 9.17) is 9.15 Å². The second-order valence-electron chi connectivity index (χ2n) is 6.00. The van der Waals surface area contributed by atoms with Crippen molar-refractivity contribution < 1.29 is 18.7 Å². The molecule has 8 nitrogen and oxygen atoms in total. The molecule has 0 fully saturated rings. The van der Waals surface area contributed by atoms with Gasteiger partial charge in [0.1, 0.15) is 5.76 Å². The first-order valence-corrected chi connectivity index (χ1v) is 8.41. The number of para-hydroxylation sites is 1. The smallest absolute Gasteiger partial charge is 0.308 e. The fraction of sp³-hybridized carbons (Fsp3) is 0.263. The number of ether oxygens (including phenoxy) is 1. The Bertz CT molecular complexity index is 994. The Balaban J connectivity index is 1.49. The van der Waals surface area contributed by atoms with E-state index in [-0.39, 0.29) is 31.0 Å². The second-order valence-corrected chi connectivity index (χ2v) is 6.00. The van der Waals surface area contributed by atoms with Gasteiger partial charge in [0.05, 0.1) is 36.5 Å². The molecule has 0 aliphatic rings. The summed E-state index contributed by atoms with van der Waals surface area (Å²) < 4.78 is 11.5. The number of fused-ring (bicyclic) bond motifs is 1. The predicted octanol–water partition coefficient (Wildman–Crippen LogP) is 1.58. The fourth-order valence-corrected chi connectivity index (χ4v) is 2.53. The number of hydrogen-bond donors (Lipinski definition) is 0. The maximum absolute atomic E-state index is 12.3. The molecule has 0 aliphatic heterocycles. The number of aryl methyl sites for hydroxylation is 1. The third kappa shape index (κ3) is 4.60. The van der Waals surface area contributed by atoms with Gasteiger partial charge < -0.3 is 14.1 Å². The first-order chi connectivity index (χ1) is 13.0. The van der Waals surface area contributed by atoms with Crippen molar-refractivity contribution in [2.24, 2.45) is 0 Å². The summed E-state index contributed by atoms with van der Waals surface area (Å²) in [5, 5.41) is 0.489. The highest BCUT2D eigenvalue weighted by Gasteiger charge is 2.14. The van der Waals surface area contributed by atoms with E-state index in [9.17, 15) is 14.4 Å². The number of furan rings is 1. The molecule has 0 saturated carbocycles. The van der Waals surface area contributed by atoms with E-state index in [0.29, 0.717) is 23.2 Å². The molecule has 0 spiro atoms. The van der Waals surface area contributed by atoms with Crippen LogP contribution in [0.25, 0.3) is 10.9 Å². The maximum atomic E-state index is 12.3. The zero-order valence-corrected chi connectivity index (χ0v) is 14.8. The van der Waals surface area contributed by atoms with Gasteiger partial charge in [-0.05, 0) is 24.3 Å². The average Bonchev–Trinajstić information content (AvgIpc) is 3.18. The van der Waals surface area contributed by atoms with Gasteiger partial charge in [-0.15, -0.1) is 0 Å². The Hall–Kier alpha value is -3.42. The predicted molar refractivity (Wildman–Crippen MR) is 96.8 cm³/mol. The van der Waals surface area contributed by atoms with E-state index in [1.54, 1.807) is 43.4 Å². The number of amides is 1. The van der Waals surface area contributed by atoms with Gasteiger partial charge in [-0.3, -0.25) is 19.0 Å². The van der Waals surface area contributed by atoms with E-state index < -0.39 is 5.97 Å². The molecule has 1 aromatic carbocycles. The lowest BCUT2D eigenvalue weighted by atomic mass is 10.2. The van der Waals surface area contributed by atoms with Gasteiger partial charge in [-0.1, -0.05) is 12.1 Å². The lowest BCUT2D eigenvalue weighted by molar-refractivity contribution is -0.152. The highest BCUT2D eigenvalue weighted by Crippen LogP contribution is 2.06. The van der Waals surface area contributed by atoms with Crippen molar-refractivity contribution in [1.29, 1.82) is 0 Å². The van der Waals surface area contributed by atoms with E-state index in [1.165, 1.54) is 22.1 Å². The first kappa shape index (κ1) is 18.4. The van der Waals surface area contributed by atoms with Gasteiger partial charge >= 0.3 is 5.97 Å². The molecule has 2 heterocycles. The molecule has 0 saturated heterocycles. The van der Waals surface area contributed by atoms with E-state index >= 15 is 0 Å². The van der Waals surface area contributed by atoms with Gasteiger partial charge in [0.25, 0.3) is 11.5 Å². The number of rotatable bonds is 7. The van der Waals surface area contributed by atoms with Gasteiger partial charge in [0, 0.05) is 13.6 Å². The molecule has 0 bridgehead atoms. The van der Waals surface area contributed by atoms with Crippen molar-refractivity contribution >= 4 is 22.8 Å². The van der Waals surface area contributed by atoms with Crippen molar-refractivity contribution in [3.05, 3.63) is 65.1 Å². The lowest BCUT2D eigenvalue weighted by Gasteiger charge is -2.15. The third-order valence-electron chi connectivity index (χ3n) is 4.04. The van der Waals surface area contributed by atoms with Crippen molar-refractivity contribution in [3.63, 3.8) is 0 Å². The van der Waals surface area contributed by atoms with E-state index in [1.807, 2.05) is 0 Å². The standard InChI is InChI=1S/C19H19N3O5/c1-21(11-14-5-4-10-26-14)17(23)12-27-18(24)8-9-22-13-20-16-7-3-2-6-15(16)19(22)25/h2-7,10,13H,8-9,11-12H2,1H3. The number of esters is 1. The van der Waals surface area contributed by atoms with Crippen LogP contribution in [0.2, 0.25) is 0 Å². The molecule has 0 atom stereocenters. The van der Waals surface area contributed by atoms with Crippen LogP contribution in [0.15, 0.2) is 58.2 Å². The Morgan fingerprint density at radius 1 is 1.22 bits per heavy atom. The monoisotopic (exact) mass is 369 g/mol. The normalized spacial score (nSPS) is 10.7. The molecule has 0 N–H and O–H groups in total. The fourth-order valence-electron chi connectivity index (χ4n) is 2.53. The number of aromatic nitrogens is 2.